The monoisotopic (exact) mass is 1610 g/mol. The van der Waals surface area contributed by atoms with Crippen molar-refractivity contribution in [3.63, 3.8) is 0 Å². The van der Waals surface area contributed by atoms with Crippen LogP contribution in [0.1, 0.15) is 232 Å². The second-order valence-corrected chi connectivity index (χ2v) is 35.8. The lowest BCUT2D eigenvalue weighted by Crippen LogP contribution is -2.52. The molecule has 15 nitrogen and oxygen atoms in total. The average molecular weight is 1610 g/mol. The number of fused-ring (bicyclic) bond motifs is 8. The number of ether oxygens (including phenoxy) is 1. The maximum atomic E-state index is 15.1. The Balaban J connectivity index is 0.000000160. The number of likely N-dealkylation sites (tertiary alicyclic amines) is 4. The van der Waals surface area contributed by atoms with Gasteiger partial charge < -0.3 is 34.1 Å². The summed E-state index contributed by atoms with van der Waals surface area (Å²) >= 11 is 0. The molecule has 628 valence electrons. The minimum absolute atomic E-state index is 0. The molecule has 5 saturated heterocycles. The topological polar surface area (TPSA) is 151 Å². The Labute approximate surface area is 687 Å². The van der Waals surface area contributed by atoms with E-state index in [2.05, 4.69) is 96.3 Å². The third-order valence-corrected chi connectivity index (χ3v) is 28.3. The van der Waals surface area contributed by atoms with E-state index in [1.54, 1.807) is 4.90 Å². The predicted molar refractivity (Wildman–Crippen MR) is 447 cm³/mol. The number of ketones is 1. The van der Waals surface area contributed by atoms with E-state index >= 15 is 4.39 Å². The standard InChI is InChI=1S/C34H41F2N3O3.C30H34F2N2O2.C29H32F2N2O3.3CH4/c1-19(2)39-31-12-21(4)20(3)11-29(31)34(33(39)41)7-9-37(10-8-34)32(40)28-16-23(38-17-25-14-24(38)18-42-25)15-27(28)26-6-5-22(35)13-30(26)36;1-17(2)34-27-15-20(5)19(4)14-25(27)30(29(34)36)8-10-33(11-9-30)28(35)24-13-18(3)12-23(24)22-7-6-21(31)16-26(22)32;1-16(2)33-26-12-18(4)17(3)11-24(26)29(28(33)36)7-9-32(10-8-29)27(35)23-15-20(34)14-22(23)21-6-5-19(30)13-25(21)31;;;/h5-6,11-13,19,23-25,27-28H,7-10,14-18H2,1-4H3;6-7,14-17,23-24H,3,8-13H2,1-2,4-5H3;5-6,11-13,16,22-23H,7-10,14-15H2,1-4H3;3*1H4/t23?,24-,25?,27-,28+;23-,24+;22-,23+;;;/m000.../s1. The number of carbonyl (C=O) groups excluding carboxylic acids is 7. The number of amides is 6. The van der Waals surface area contributed by atoms with E-state index in [0.717, 1.165) is 87.2 Å². The molecule has 17 rings (SSSR count). The Morgan fingerprint density at radius 2 is 0.744 bits per heavy atom. The zero-order valence-corrected chi connectivity index (χ0v) is 67.8. The van der Waals surface area contributed by atoms with E-state index in [-0.39, 0.29) is 130 Å². The van der Waals surface area contributed by atoms with Crippen LogP contribution in [0.5, 0.6) is 0 Å². The number of allylic oxidation sites excluding steroid dienone is 1. The maximum Gasteiger partial charge on any atom is 0.238 e. The van der Waals surface area contributed by atoms with Crippen molar-refractivity contribution in [1.82, 2.24) is 19.6 Å². The summed E-state index contributed by atoms with van der Waals surface area (Å²) in [7, 11) is 0. The quantitative estimate of drug-likeness (QED) is 0.0964. The Kier molecular flexibility index (Phi) is 24.9. The molecule has 2 unspecified atom stereocenters. The van der Waals surface area contributed by atoms with E-state index < -0.39 is 68.9 Å². The number of anilines is 3. The lowest BCUT2D eigenvalue weighted by molar-refractivity contribution is -0.140. The van der Waals surface area contributed by atoms with Gasteiger partial charge in [0.2, 0.25) is 35.4 Å². The number of piperidine rings is 3. The number of carbonyl (C=O) groups is 7. The highest BCUT2D eigenvalue weighted by atomic mass is 19.2. The molecule has 6 aromatic carbocycles. The van der Waals surface area contributed by atoms with Gasteiger partial charge in [0.15, 0.2) is 0 Å². The molecule has 8 heterocycles. The van der Waals surface area contributed by atoms with Crippen LogP contribution in [0.3, 0.4) is 0 Å². The third-order valence-electron chi connectivity index (χ3n) is 28.3. The maximum absolute atomic E-state index is 15.1. The summed E-state index contributed by atoms with van der Waals surface area (Å²) in [6.07, 6.45) is 7.06. The molecule has 11 aliphatic rings. The largest absolute Gasteiger partial charge is 0.375 e. The van der Waals surface area contributed by atoms with Crippen LogP contribution in [0.15, 0.2) is 103 Å². The Hall–Kier alpha value is -8.95. The molecule has 6 amide bonds. The van der Waals surface area contributed by atoms with E-state index in [4.69, 9.17) is 4.74 Å². The minimum Gasteiger partial charge on any atom is -0.375 e. The van der Waals surface area contributed by atoms with Crippen molar-refractivity contribution in [3.05, 3.63) is 205 Å². The minimum atomic E-state index is -0.724. The predicted octanol–water partition coefficient (Wildman–Crippen LogP) is 18.0. The molecule has 21 heteroatoms. The zero-order chi connectivity index (χ0) is 81.4. The van der Waals surface area contributed by atoms with Gasteiger partial charge in [0.05, 0.1) is 34.9 Å². The second kappa shape index (κ2) is 33.3. The number of Topliss-reactive ketones (excluding diaryl/α,β-unsaturated/α-hetero) is 1. The average Bonchev–Trinajstić information content (AvgIpc) is 1.57. The molecule has 117 heavy (non-hydrogen) atoms. The number of rotatable bonds is 10. The molecular weight excluding hydrogens is 1490 g/mol. The zero-order valence-electron chi connectivity index (χ0n) is 67.8. The number of hydrogen-bond acceptors (Lipinski definition) is 9. The van der Waals surface area contributed by atoms with Crippen molar-refractivity contribution in [2.75, 3.05) is 67.1 Å². The third kappa shape index (κ3) is 15.2. The highest BCUT2D eigenvalue weighted by Gasteiger charge is 2.59. The summed E-state index contributed by atoms with van der Waals surface area (Å²) in [5, 5.41) is 0. The number of hydrogen-bond donors (Lipinski definition) is 0. The van der Waals surface area contributed by atoms with Crippen molar-refractivity contribution >= 4 is 58.3 Å². The molecule has 0 aromatic heterocycles. The van der Waals surface area contributed by atoms with Crippen LogP contribution >= 0.6 is 0 Å². The first-order valence-electron chi connectivity index (χ1n) is 41.3. The molecular formula is C96H119F6N7O8. The Bertz CT molecular complexity index is 4720. The molecule has 3 aliphatic carbocycles. The van der Waals surface area contributed by atoms with Crippen molar-refractivity contribution in [2.45, 2.75) is 259 Å². The second-order valence-electron chi connectivity index (χ2n) is 35.8. The van der Waals surface area contributed by atoms with E-state index in [1.807, 2.05) is 59.1 Å². The van der Waals surface area contributed by atoms with Crippen LogP contribution in [-0.4, -0.2) is 150 Å². The van der Waals surface area contributed by atoms with Gasteiger partial charge in [0, 0.05) is 148 Å². The van der Waals surface area contributed by atoms with Crippen LogP contribution in [0, 0.1) is 94.2 Å². The number of benzene rings is 6. The highest BCUT2D eigenvalue weighted by molar-refractivity contribution is 6.11. The van der Waals surface area contributed by atoms with Gasteiger partial charge in [-0.25, -0.2) is 26.3 Å². The lowest BCUT2D eigenvalue weighted by Gasteiger charge is -2.40. The highest BCUT2D eigenvalue weighted by Crippen LogP contribution is 2.56. The SMILES string of the molecule is C.C.C.C=C1C[C@@H](C(=O)N2CCC3(CC2)C(=O)N(C(C)C)c2cc(C)c(C)cc23)[C@H](c2ccc(F)cc2F)C1.Cc1cc2c(cc1C)C1(CCN(C(=O)[C@@H]3CC(=O)C[C@H]3c3ccc(F)cc3F)CC1)C(=O)N2C(C)C.Cc1cc2c(cc1C)C1(CCN(C(=O)[C@@H]3CC(N4CC5C[C@H]4CO5)C[C@H]3c3ccc(F)cc3F)CC1)C(=O)N2C(C)C. The van der Waals surface area contributed by atoms with E-state index in [1.165, 1.54) is 53.1 Å². The van der Waals surface area contributed by atoms with E-state index in [9.17, 15) is 55.5 Å². The van der Waals surface area contributed by atoms with Gasteiger partial charge in [-0.2, -0.15) is 0 Å². The molecule has 2 bridgehead atoms. The first kappa shape index (κ1) is 87.4. The first-order chi connectivity index (χ1) is 54.1. The van der Waals surface area contributed by atoms with Crippen LogP contribution in [0.4, 0.5) is 43.4 Å². The van der Waals surface area contributed by atoms with Crippen LogP contribution in [0.25, 0.3) is 0 Å². The smallest absolute Gasteiger partial charge is 0.238 e. The first-order valence-corrected chi connectivity index (χ1v) is 41.3. The van der Waals surface area contributed by atoms with Gasteiger partial charge in [-0.15, -0.1) is 0 Å². The summed E-state index contributed by atoms with van der Waals surface area (Å²) in [6.45, 7) is 33.0. The van der Waals surface area contributed by atoms with E-state index in [0.29, 0.717) is 127 Å². The van der Waals surface area contributed by atoms with Gasteiger partial charge in [-0.05, 0) is 263 Å². The summed E-state index contributed by atoms with van der Waals surface area (Å²) in [5.74, 6) is -6.46. The van der Waals surface area contributed by atoms with Crippen LogP contribution in [-0.2, 0) is 54.5 Å². The summed E-state index contributed by atoms with van der Waals surface area (Å²) in [6, 6.07) is 24.2. The molecule has 8 fully saturated rings. The molecule has 0 N–H and O–H groups in total. The molecule has 9 atom stereocenters. The number of aryl methyl sites for hydroxylation is 6. The summed E-state index contributed by atoms with van der Waals surface area (Å²) in [4.78, 5) is 109. The fourth-order valence-electron chi connectivity index (χ4n) is 21.7. The summed E-state index contributed by atoms with van der Waals surface area (Å²) < 4.78 is 90.9. The van der Waals surface area contributed by atoms with Gasteiger partial charge >= 0.3 is 0 Å². The molecule has 0 radical (unpaired) electrons. The Morgan fingerprint density at radius 3 is 1.08 bits per heavy atom. The number of morpholine rings is 1. The molecule has 3 saturated carbocycles. The fraction of sp³-hybridized carbons (Fsp3) is 0.531. The van der Waals surface area contributed by atoms with Gasteiger partial charge in [0.25, 0.3) is 0 Å². The van der Waals surface area contributed by atoms with Crippen molar-refractivity contribution in [3.8, 4) is 0 Å². The van der Waals surface area contributed by atoms with Crippen molar-refractivity contribution in [1.29, 1.82) is 0 Å². The molecule has 6 aromatic rings. The summed E-state index contributed by atoms with van der Waals surface area (Å²) in [5.41, 5.74) is 13.2. The fourth-order valence-corrected chi connectivity index (χ4v) is 21.7. The van der Waals surface area contributed by atoms with Crippen molar-refractivity contribution < 1.29 is 64.6 Å². The molecule has 8 aliphatic heterocycles. The van der Waals surface area contributed by atoms with Gasteiger partial charge in [0.1, 0.15) is 40.7 Å². The number of halogens is 6. The van der Waals surface area contributed by atoms with Crippen molar-refractivity contribution in [2.24, 2.45) is 17.8 Å². The Morgan fingerprint density at radius 1 is 0.410 bits per heavy atom. The lowest BCUT2D eigenvalue weighted by atomic mass is 9.72. The van der Waals surface area contributed by atoms with Gasteiger partial charge in [-0.1, -0.05) is 70.8 Å². The normalized spacial score (nSPS) is 25.1. The number of nitrogens with zero attached hydrogens (tertiary/aromatic N) is 7. The van der Waals surface area contributed by atoms with Crippen LogP contribution < -0.4 is 14.7 Å². The van der Waals surface area contributed by atoms with Crippen LogP contribution in [0.2, 0.25) is 0 Å². The van der Waals surface area contributed by atoms with Gasteiger partial charge in [-0.3, -0.25) is 38.5 Å². The molecule has 3 spiro atoms.